The maximum absolute atomic E-state index is 5.06. The van der Waals surface area contributed by atoms with Crippen molar-refractivity contribution in [3.63, 3.8) is 0 Å². The Balaban J connectivity index is 3.82. The van der Waals surface area contributed by atoms with Crippen molar-refractivity contribution in [2.45, 2.75) is 0 Å². The summed E-state index contributed by atoms with van der Waals surface area (Å²) in [5.41, 5.74) is 0. The third kappa shape index (κ3) is 2.31. The molecular formula is C4H13O3PSi. The van der Waals surface area contributed by atoms with Crippen LogP contribution in [0.2, 0.25) is 0 Å². The topological polar surface area (TPSA) is 27.7 Å². The quantitative estimate of drug-likeness (QED) is 0.445. The van der Waals surface area contributed by atoms with Crippen LogP contribution in [0.4, 0.5) is 0 Å². The molecule has 1 atom stereocenters. The van der Waals surface area contributed by atoms with Gasteiger partial charge in [0.05, 0.1) is 0 Å². The number of rotatable bonds is 4. The van der Waals surface area contributed by atoms with E-state index in [4.69, 9.17) is 13.3 Å². The highest BCUT2D eigenvalue weighted by Gasteiger charge is 2.34. The zero-order valence-electron chi connectivity index (χ0n) is 6.01. The van der Waals surface area contributed by atoms with Crippen LogP contribution in [0.1, 0.15) is 0 Å². The second kappa shape index (κ2) is 4.36. The molecule has 0 aliphatic rings. The van der Waals surface area contributed by atoms with Crippen LogP contribution in [0.5, 0.6) is 0 Å². The average molecular weight is 168 g/mol. The van der Waals surface area contributed by atoms with Crippen LogP contribution in [-0.2, 0) is 13.3 Å². The van der Waals surface area contributed by atoms with Gasteiger partial charge in [0.1, 0.15) is 0 Å². The van der Waals surface area contributed by atoms with Gasteiger partial charge in [0.15, 0.2) is 0 Å². The van der Waals surface area contributed by atoms with Gasteiger partial charge in [0, 0.05) is 27.1 Å². The van der Waals surface area contributed by atoms with E-state index in [-0.39, 0.29) is 0 Å². The van der Waals surface area contributed by atoms with Gasteiger partial charge in [-0.25, -0.2) is 0 Å². The Kier molecular flexibility index (Phi) is 4.61. The molecule has 0 aromatic heterocycles. The van der Waals surface area contributed by atoms with E-state index in [1.807, 2.05) is 0 Å². The minimum absolute atomic E-state index is 0.733. The van der Waals surface area contributed by atoms with E-state index >= 15 is 0 Å². The van der Waals surface area contributed by atoms with Gasteiger partial charge in [0.25, 0.3) is 0 Å². The highest BCUT2D eigenvalue weighted by Crippen LogP contribution is 2.08. The Hall–Kier alpha value is 0.527. The van der Waals surface area contributed by atoms with Crippen molar-refractivity contribution in [2.24, 2.45) is 0 Å². The maximum atomic E-state index is 5.06. The van der Waals surface area contributed by atoms with Gasteiger partial charge >= 0.3 is 8.80 Å². The van der Waals surface area contributed by atoms with E-state index < -0.39 is 8.80 Å². The summed E-state index contributed by atoms with van der Waals surface area (Å²) < 4.78 is 15.2. The molecule has 1 unspecified atom stereocenters. The van der Waals surface area contributed by atoms with E-state index in [1.54, 1.807) is 21.3 Å². The van der Waals surface area contributed by atoms with Crippen LogP contribution in [-0.4, -0.2) is 35.9 Å². The summed E-state index contributed by atoms with van der Waals surface area (Å²) in [6.07, 6.45) is 0. The first-order chi connectivity index (χ1) is 4.24. The summed E-state index contributed by atoms with van der Waals surface area (Å²) in [4.78, 5) is 0. The fraction of sp³-hybridized carbons (Fsp3) is 1.00. The summed E-state index contributed by atoms with van der Waals surface area (Å²) in [6, 6.07) is 0. The second-order valence-corrected chi connectivity index (χ2v) is 5.72. The molecule has 0 rings (SSSR count). The average Bonchev–Trinajstić information content (AvgIpc) is 1.95. The predicted molar refractivity (Wildman–Crippen MR) is 41.4 cm³/mol. The Labute approximate surface area is 59.3 Å². The molecule has 9 heavy (non-hydrogen) atoms. The third-order valence-corrected chi connectivity index (χ3v) is 5.05. The zero-order valence-corrected chi connectivity index (χ0v) is 8.16. The van der Waals surface area contributed by atoms with Gasteiger partial charge in [-0.15, -0.1) is 9.24 Å². The monoisotopic (exact) mass is 168 g/mol. The Morgan fingerprint density at radius 3 is 1.44 bits per heavy atom. The van der Waals surface area contributed by atoms with Gasteiger partial charge in [0.2, 0.25) is 0 Å². The van der Waals surface area contributed by atoms with Crippen LogP contribution in [0.25, 0.3) is 0 Å². The van der Waals surface area contributed by atoms with Crippen molar-refractivity contribution in [1.29, 1.82) is 0 Å². The zero-order chi connectivity index (χ0) is 7.33. The molecule has 0 amide bonds. The van der Waals surface area contributed by atoms with Gasteiger partial charge in [-0.1, -0.05) is 0 Å². The van der Waals surface area contributed by atoms with Crippen LogP contribution < -0.4 is 0 Å². The summed E-state index contributed by atoms with van der Waals surface area (Å²) in [5.74, 6) is 0.733. The first kappa shape index (κ1) is 9.53. The van der Waals surface area contributed by atoms with Gasteiger partial charge in [-0.3, -0.25) is 0 Å². The Bertz CT molecular complexity index is 58.7. The minimum Gasteiger partial charge on any atom is -0.377 e. The van der Waals surface area contributed by atoms with Gasteiger partial charge in [-0.05, 0) is 0 Å². The third-order valence-electron chi connectivity index (χ3n) is 1.18. The molecule has 0 spiro atoms. The molecule has 56 valence electrons. The van der Waals surface area contributed by atoms with E-state index in [9.17, 15) is 0 Å². The van der Waals surface area contributed by atoms with Crippen molar-refractivity contribution < 1.29 is 13.3 Å². The highest BCUT2D eigenvalue weighted by atomic mass is 31.0. The first-order valence-corrected chi connectivity index (χ1v) is 5.35. The van der Waals surface area contributed by atoms with Crippen molar-refractivity contribution >= 4 is 18.0 Å². The summed E-state index contributed by atoms with van der Waals surface area (Å²) in [5, 5.41) is 0. The van der Waals surface area contributed by atoms with E-state index in [2.05, 4.69) is 9.24 Å². The highest BCUT2D eigenvalue weighted by molar-refractivity contribution is 7.21. The smallest absolute Gasteiger partial charge is 0.377 e. The van der Waals surface area contributed by atoms with E-state index in [1.165, 1.54) is 0 Å². The lowest BCUT2D eigenvalue weighted by Crippen LogP contribution is -2.45. The summed E-state index contributed by atoms with van der Waals surface area (Å²) >= 11 is 0. The lowest BCUT2D eigenvalue weighted by molar-refractivity contribution is 0.130. The Morgan fingerprint density at radius 1 is 1.11 bits per heavy atom. The largest absolute Gasteiger partial charge is 0.504 e. The van der Waals surface area contributed by atoms with Crippen LogP contribution in [0.15, 0.2) is 0 Å². The molecule has 0 aromatic carbocycles. The lowest BCUT2D eigenvalue weighted by atomic mass is 11.8. The number of hydrogen-bond donors (Lipinski definition) is 0. The first-order valence-electron chi connectivity index (χ1n) is 2.60. The van der Waals surface area contributed by atoms with Gasteiger partial charge in [-0.2, -0.15) is 0 Å². The number of hydrogen-bond acceptors (Lipinski definition) is 3. The Morgan fingerprint density at radius 2 is 1.44 bits per heavy atom. The molecule has 0 fully saturated rings. The molecule has 0 N–H and O–H groups in total. The molecule has 0 saturated heterocycles. The molecule has 0 aliphatic carbocycles. The standard InChI is InChI=1S/C4H13O3PSi/c1-5-9(4-8,6-2)7-3/h4,8H2,1-3H3. The second-order valence-electron chi connectivity index (χ2n) is 1.50. The molecule has 3 nitrogen and oxygen atoms in total. The summed E-state index contributed by atoms with van der Waals surface area (Å²) in [7, 11) is 5.12. The molecular weight excluding hydrogens is 155 g/mol. The van der Waals surface area contributed by atoms with Crippen molar-refractivity contribution in [2.75, 3.05) is 27.1 Å². The van der Waals surface area contributed by atoms with Crippen molar-refractivity contribution in [3.05, 3.63) is 0 Å². The maximum Gasteiger partial charge on any atom is 0.504 e. The van der Waals surface area contributed by atoms with Crippen LogP contribution >= 0.6 is 9.24 Å². The lowest BCUT2D eigenvalue weighted by Gasteiger charge is -2.21. The molecule has 0 heterocycles. The summed E-state index contributed by atoms with van der Waals surface area (Å²) in [6.45, 7) is 0. The SMILES string of the molecule is CO[Si](CP)(OC)OC. The molecule has 0 radical (unpaired) electrons. The molecule has 0 bridgehead atoms. The van der Waals surface area contributed by atoms with E-state index in [0.717, 1.165) is 5.79 Å². The van der Waals surface area contributed by atoms with Crippen molar-refractivity contribution in [3.8, 4) is 0 Å². The van der Waals surface area contributed by atoms with Crippen LogP contribution in [0.3, 0.4) is 0 Å². The molecule has 0 aliphatic heterocycles. The molecule has 0 aromatic rings. The fourth-order valence-electron chi connectivity index (χ4n) is 0.500. The van der Waals surface area contributed by atoms with Crippen molar-refractivity contribution in [1.82, 2.24) is 0 Å². The minimum atomic E-state index is -2.23. The molecule has 0 saturated carbocycles. The van der Waals surface area contributed by atoms with E-state index in [0.29, 0.717) is 0 Å². The molecule has 5 heteroatoms. The van der Waals surface area contributed by atoms with Gasteiger partial charge < -0.3 is 13.3 Å². The predicted octanol–water partition coefficient (Wildman–Crippen LogP) is 0.279. The normalized spacial score (nSPS) is 12.0. The fourth-order valence-corrected chi connectivity index (χ4v) is 3.00. The van der Waals surface area contributed by atoms with Crippen LogP contribution in [0, 0.1) is 0 Å².